The lowest BCUT2D eigenvalue weighted by molar-refractivity contribution is -0.114. The van der Waals surface area contributed by atoms with Crippen molar-refractivity contribution in [2.24, 2.45) is 0 Å². The van der Waals surface area contributed by atoms with Crippen molar-refractivity contribution in [2.75, 3.05) is 13.1 Å². The number of carbonyl (C=O) groups excluding carboxylic acids is 1. The smallest absolute Gasteiger partial charge is 0.243 e. The third kappa shape index (κ3) is 3.23. The summed E-state index contributed by atoms with van der Waals surface area (Å²) in [6.07, 6.45) is 1.45. The molecule has 0 N–H and O–H groups in total. The van der Waals surface area contributed by atoms with Crippen LogP contribution in [-0.4, -0.2) is 31.6 Å². The van der Waals surface area contributed by atoms with Crippen molar-refractivity contribution in [1.82, 2.24) is 4.31 Å². The summed E-state index contributed by atoms with van der Waals surface area (Å²) in [6, 6.07) is 6.62. The van der Waals surface area contributed by atoms with Crippen molar-refractivity contribution >= 4 is 27.4 Å². The lowest BCUT2D eigenvalue weighted by Gasteiger charge is -2.19. The summed E-state index contributed by atoms with van der Waals surface area (Å²) in [5, 5.41) is 0.248. The third-order valence-corrected chi connectivity index (χ3v) is 5.00. The second kappa shape index (κ2) is 5.45. The Morgan fingerprint density at radius 2 is 1.84 bits per heavy atom. The van der Waals surface area contributed by atoms with Gasteiger partial charge in [-0.2, -0.15) is 4.31 Å². The van der Waals surface area contributed by atoms with Crippen LogP contribution in [0.1, 0.15) is 12.0 Å². The number of carbonyl (C=O) groups is 1. The third-order valence-electron chi connectivity index (χ3n) is 2.91. The van der Waals surface area contributed by atoms with E-state index in [0.29, 0.717) is 0 Å². The summed E-state index contributed by atoms with van der Waals surface area (Å²) in [5.74, 6) is -0.147. The number of rotatable bonds is 2. The molecular formula is C13H14ClNO3S. The molecule has 0 saturated carbocycles. The predicted molar refractivity (Wildman–Crippen MR) is 73.5 cm³/mol. The van der Waals surface area contributed by atoms with Gasteiger partial charge in [-0.3, -0.25) is 4.79 Å². The lowest BCUT2D eigenvalue weighted by atomic mass is 10.2. The zero-order chi connectivity index (χ0) is 14.0. The highest BCUT2D eigenvalue weighted by Crippen LogP contribution is 2.21. The molecule has 6 heteroatoms. The molecule has 0 amide bonds. The zero-order valence-electron chi connectivity index (χ0n) is 10.5. The number of hydrogen-bond donors (Lipinski definition) is 0. The lowest BCUT2D eigenvalue weighted by Crippen LogP contribution is -2.32. The van der Waals surface area contributed by atoms with E-state index in [1.165, 1.54) is 10.4 Å². The molecule has 0 aliphatic carbocycles. The number of benzene rings is 1. The van der Waals surface area contributed by atoms with Gasteiger partial charge in [-0.25, -0.2) is 8.42 Å². The Balaban J connectivity index is 2.32. The van der Waals surface area contributed by atoms with Gasteiger partial charge in [-0.15, -0.1) is 0 Å². The van der Waals surface area contributed by atoms with E-state index in [4.69, 9.17) is 11.6 Å². The Morgan fingerprint density at radius 3 is 2.47 bits per heavy atom. The first-order valence-corrected chi connectivity index (χ1v) is 7.67. The molecule has 0 saturated heterocycles. The van der Waals surface area contributed by atoms with Crippen LogP contribution in [0.4, 0.5) is 0 Å². The van der Waals surface area contributed by atoms with Crippen molar-refractivity contribution < 1.29 is 13.2 Å². The van der Waals surface area contributed by atoms with Crippen molar-refractivity contribution in [3.8, 4) is 0 Å². The van der Waals surface area contributed by atoms with Gasteiger partial charge < -0.3 is 0 Å². The fourth-order valence-corrected chi connectivity index (χ4v) is 3.60. The average Bonchev–Trinajstić information content (AvgIpc) is 2.51. The van der Waals surface area contributed by atoms with Crippen LogP contribution in [0.15, 0.2) is 40.3 Å². The van der Waals surface area contributed by atoms with Gasteiger partial charge in [-0.05, 0) is 25.1 Å². The summed E-state index contributed by atoms with van der Waals surface area (Å²) in [5.41, 5.74) is 0.989. The Morgan fingerprint density at radius 1 is 1.21 bits per heavy atom. The highest BCUT2D eigenvalue weighted by molar-refractivity contribution is 7.89. The summed E-state index contributed by atoms with van der Waals surface area (Å²) >= 11 is 5.86. The fraction of sp³-hybridized carbons (Fsp3) is 0.308. The molecule has 2 rings (SSSR count). The van der Waals surface area contributed by atoms with E-state index in [-0.39, 0.29) is 35.2 Å². The number of halogens is 1. The van der Waals surface area contributed by atoms with E-state index in [2.05, 4.69) is 0 Å². The zero-order valence-corrected chi connectivity index (χ0v) is 12.0. The van der Waals surface area contributed by atoms with Crippen molar-refractivity contribution in [1.29, 1.82) is 0 Å². The number of ketones is 1. The fourth-order valence-electron chi connectivity index (χ4n) is 1.84. The van der Waals surface area contributed by atoms with E-state index in [0.717, 1.165) is 5.56 Å². The number of aryl methyl sites for hydroxylation is 1. The molecule has 0 fully saturated rings. The summed E-state index contributed by atoms with van der Waals surface area (Å²) < 4.78 is 26.1. The molecule has 0 atom stereocenters. The predicted octanol–water partition coefficient (Wildman–Crippen LogP) is 2.08. The Hall–Kier alpha value is -1.17. The Kier molecular flexibility index (Phi) is 4.08. The topological polar surface area (TPSA) is 54.5 Å². The first-order valence-electron chi connectivity index (χ1n) is 5.85. The Labute approximate surface area is 117 Å². The first kappa shape index (κ1) is 14.2. The normalized spacial score (nSPS) is 18.0. The van der Waals surface area contributed by atoms with Crippen molar-refractivity contribution in [2.45, 2.75) is 18.2 Å². The van der Waals surface area contributed by atoms with Crippen LogP contribution in [0.25, 0.3) is 0 Å². The van der Waals surface area contributed by atoms with Gasteiger partial charge in [0.2, 0.25) is 10.0 Å². The maximum Gasteiger partial charge on any atom is 0.243 e. The molecule has 102 valence electrons. The second-order valence-corrected chi connectivity index (χ2v) is 6.88. The molecule has 1 aromatic rings. The van der Waals surface area contributed by atoms with Crippen LogP contribution in [0.5, 0.6) is 0 Å². The quantitative estimate of drug-likeness (QED) is 0.840. The van der Waals surface area contributed by atoms with E-state index in [1.54, 1.807) is 24.3 Å². The molecule has 1 aromatic carbocycles. The van der Waals surface area contributed by atoms with Gasteiger partial charge in [0.15, 0.2) is 5.78 Å². The molecule has 0 bridgehead atoms. The molecule has 1 aliphatic heterocycles. The summed E-state index contributed by atoms with van der Waals surface area (Å²) in [7, 11) is -3.60. The van der Waals surface area contributed by atoms with E-state index in [9.17, 15) is 13.2 Å². The minimum atomic E-state index is -3.60. The van der Waals surface area contributed by atoms with Crippen LogP contribution >= 0.6 is 11.6 Å². The van der Waals surface area contributed by atoms with Crippen LogP contribution in [-0.2, 0) is 14.8 Å². The standard InChI is InChI=1S/C13H14ClNO3S/c1-10-2-4-13(5-3-10)19(17,18)15-7-6-12(16)8-11(14)9-15/h2-5,8H,6-7,9H2,1H3. The molecular weight excluding hydrogens is 286 g/mol. The van der Waals surface area contributed by atoms with Crippen LogP contribution in [0.2, 0.25) is 0 Å². The van der Waals surface area contributed by atoms with Crippen LogP contribution < -0.4 is 0 Å². The number of nitrogens with zero attached hydrogens (tertiary/aromatic N) is 1. The average molecular weight is 300 g/mol. The SMILES string of the molecule is Cc1ccc(S(=O)(=O)N2CCC(=O)C=C(Cl)C2)cc1. The highest BCUT2D eigenvalue weighted by atomic mass is 35.5. The molecule has 19 heavy (non-hydrogen) atoms. The van der Waals surface area contributed by atoms with E-state index >= 15 is 0 Å². The monoisotopic (exact) mass is 299 g/mol. The Bertz CT molecular complexity index is 620. The molecule has 1 aliphatic rings. The molecule has 1 heterocycles. The number of sulfonamides is 1. The van der Waals surface area contributed by atoms with Gasteiger partial charge in [0.05, 0.1) is 4.90 Å². The summed E-state index contributed by atoms with van der Waals surface area (Å²) in [4.78, 5) is 11.6. The minimum Gasteiger partial charge on any atom is -0.295 e. The molecule has 0 unspecified atom stereocenters. The molecule has 4 nitrogen and oxygen atoms in total. The van der Waals surface area contributed by atoms with Gasteiger partial charge >= 0.3 is 0 Å². The van der Waals surface area contributed by atoms with Gasteiger partial charge in [0.1, 0.15) is 0 Å². The molecule has 0 radical (unpaired) electrons. The molecule has 0 spiro atoms. The second-order valence-electron chi connectivity index (χ2n) is 4.46. The number of allylic oxidation sites excluding steroid dienone is 1. The van der Waals surface area contributed by atoms with Crippen LogP contribution in [0, 0.1) is 6.92 Å². The van der Waals surface area contributed by atoms with E-state index in [1.807, 2.05) is 6.92 Å². The van der Waals surface area contributed by atoms with Crippen LogP contribution in [0.3, 0.4) is 0 Å². The summed E-state index contributed by atoms with van der Waals surface area (Å²) in [6.45, 7) is 2.09. The maximum atomic E-state index is 12.4. The van der Waals surface area contributed by atoms with Gasteiger partial charge in [0, 0.05) is 24.5 Å². The van der Waals surface area contributed by atoms with Gasteiger partial charge in [-0.1, -0.05) is 29.3 Å². The number of hydrogen-bond acceptors (Lipinski definition) is 3. The first-order chi connectivity index (χ1) is 8.89. The van der Waals surface area contributed by atoms with Crippen molar-refractivity contribution in [3.05, 3.63) is 40.9 Å². The largest absolute Gasteiger partial charge is 0.295 e. The maximum absolute atomic E-state index is 12.4. The van der Waals surface area contributed by atoms with Gasteiger partial charge in [0.25, 0.3) is 0 Å². The highest BCUT2D eigenvalue weighted by Gasteiger charge is 2.27. The van der Waals surface area contributed by atoms with E-state index < -0.39 is 10.0 Å². The molecule has 0 aromatic heterocycles. The van der Waals surface area contributed by atoms with Crippen molar-refractivity contribution in [3.63, 3.8) is 0 Å². The minimum absolute atomic E-state index is 0.0451.